The van der Waals surface area contributed by atoms with Crippen LogP contribution < -0.4 is 5.32 Å². The second kappa shape index (κ2) is 5.65. The molecule has 0 bridgehead atoms. The molecule has 1 rings (SSSR count). The molecule has 1 aromatic heterocycles. The molecule has 0 aliphatic rings. The quantitative estimate of drug-likeness (QED) is 0.786. The Kier molecular flexibility index (Phi) is 4.49. The van der Waals surface area contributed by atoms with Crippen molar-refractivity contribution in [3.8, 4) is 0 Å². The molecule has 90 valence electrons. The molecule has 0 fully saturated rings. The summed E-state index contributed by atoms with van der Waals surface area (Å²) in [5, 5.41) is 3.10. The molecule has 0 aliphatic carbocycles. The molecular weight excluding hydrogens is 204 g/mol. The number of nitrogens with one attached hydrogen (secondary N) is 1. The van der Waals surface area contributed by atoms with E-state index < -0.39 is 0 Å². The molecule has 1 N–H and O–H groups in total. The lowest BCUT2D eigenvalue weighted by molar-refractivity contribution is -0.129. The third-order valence-electron chi connectivity index (χ3n) is 2.39. The van der Waals surface area contributed by atoms with Crippen LogP contribution in [0.25, 0.3) is 0 Å². The highest BCUT2D eigenvalue weighted by molar-refractivity contribution is 5.77. The van der Waals surface area contributed by atoms with Crippen LogP contribution in [0, 0.1) is 0 Å². The minimum absolute atomic E-state index is 0.0803. The number of carbonyl (C=O) groups is 1. The van der Waals surface area contributed by atoms with Crippen molar-refractivity contribution in [1.29, 1.82) is 0 Å². The summed E-state index contributed by atoms with van der Waals surface area (Å²) in [4.78, 5) is 17.6. The predicted molar refractivity (Wildman–Crippen MR) is 62.8 cm³/mol. The number of hydrogen-bond acceptors (Lipinski definition) is 3. The van der Waals surface area contributed by atoms with Gasteiger partial charge in [-0.05, 0) is 0 Å². The van der Waals surface area contributed by atoms with E-state index in [0.717, 1.165) is 5.82 Å². The molecule has 0 aromatic carbocycles. The number of rotatable bonds is 5. The van der Waals surface area contributed by atoms with Crippen LogP contribution in [0.4, 0.5) is 0 Å². The van der Waals surface area contributed by atoms with Crippen molar-refractivity contribution >= 4 is 5.91 Å². The van der Waals surface area contributed by atoms with Crippen molar-refractivity contribution in [2.24, 2.45) is 7.05 Å². The fourth-order valence-electron chi connectivity index (χ4n) is 1.28. The van der Waals surface area contributed by atoms with Gasteiger partial charge in [-0.2, -0.15) is 0 Å². The van der Waals surface area contributed by atoms with Crippen molar-refractivity contribution in [3.63, 3.8) is 0 Å². The molecule has 5 heteroatoms. The fraction of sp³-hybridized carbons (Fsp3) is 0.636. The molecule has 1 amide bonds. The summed E-state index contributed by atoms with van der Waals surface area (Å²) in [5.74, 6) is 0.970. The van der Waals surface area contributed by atoms with E-state index >= 15 is 0 Å². The van der Waals surface area contributed by atoms with Crippen LogP contribution in [-0.4, -0.2) is 40.0 Å². The molecule has 0 spiro atoms. The average molecular weight is 224 g/mol. The lowest BCUT2D eigenvalue weighted by Gasteiger charge is -2.18. The van der Waals surface area contributed by atoms with Crippen LogP contribution >= 0.6 is 0 Å². The Labute approximate surface area is 96.5 Å². The van der Waals surface area contributed by atoms with Crippen LogP contribution in [-0.2, 0) is 18.4 Å². The van der Waals surface area contributed by atoms with Crippen LogP contribution in [0.5, 0.6) is 0 Å². The largest absolute Gasteiger partial charge is 0.337 e. The Bertz CT molecular complexity index is 346. The molecule has 0 unspecified atom stereocenters. The molecule has 0 saturated carbocycles. The number of aryl methyl sites for hydroxylation is 1. The number of likely N-dealkylation sites (N-methyl/N-ethyl adjacent to an activating group) is 1. The molecule has 0 atom stereocenters. The smallest absolute Gasteiger partial charge is 0.236 e. The monoisotopic (exact) mass is 224 g/mol. The van der Waals surface area contributed by atoms with Crippen molar-refractivity contribution < 1.29 is 4.79 Å². The summed E-state index contributed by atoms with van der Waals surface area (Å²) >= 11 is 0. The fourth-order valence-corrected chi connectivity index (χ4v) is 1.28. The zero-order valence-electron chi connectivity index (χ0n) is 10.4. The summed E-state index contributed by atoms with van der Waals surface area (Å²) in [6, 6.07) is 0.325. The highest BCUT2D eigenvalue weighted by Crippen LogP contribution is 1.99. The Balaban J connectivity index is 2.43. The first-order valence-corrected chi connectivity index (χ1v) is 5.44. The summed E-state index contributed by atoms with van der Waals surface area (Å²) in [6.07, 6.45) is 3.61. The molecule has 0 aliphatic heterocycles. The zero-order valence-corrected chi connectivity index (χ0v) is 10.4. The van der Waals surface area contributed by atoms with Gasteiger partial charge in [0.25, 0.3) is 0 Å². The molecular formula is C11H20N4O. The minimum atomic E-state index is 0.0803. The zero-order chi connectivity index (χ0) is 12.1. The van der Waals surface area contributed by atoms with Gasteiger partial charge < -0.3 is 14.8 Å². The van der Waals surface area contributed by atoms with Gasteiger partial charge in [0.15, 0.2) is 0 Å². The predicted octanol–water partition coefficient (Wildman–Crippen LogP) is 0.376. The normalized spacial score (nSPS) is 10.8. The van der Waals surface area contributed by atoms with Gasteiger partial charge in [-0.15, -0.1) is 0 Å². The maximum atomic E-state index is 11.7. The third-order valence-corrected chi connectivity index (χ3v) is 2.39. The van der Waals surface area contributed by atoms with Crippen molar-refractivity contribution in [2.45, 2.75) is 26.4 Å². The van der Waals surface area contributed by atoms with Gasteiger partial charge in [-0.1, -0.05) is 13.8 Å². The molecule has 1 aromatic rings. The Morgan fingerprint density at radius 1 is 1.62 bits per heavy atom. The number of amides is 1. The Hall–Kier alpha value is -1.36. The molecule has 0 radical (unpaired) electrons. The number of imidazole rings is 1. The van der Waals surface area contributed by atoms with E-state index in [4.69, 9.17) is 0 Å². The van der Waals surface area contributed by atoms with E-state index in [0.29, 0.717) is 19.1 Å². The van der Waals surface area contributed by atoms with Gasteiger partial charge in [-0.3, -0.25) is 4.79 Å². The van der Waals surface area contributed by atoms with Crippen LogP contribution in [0.15, 0.2) is 12.4 Å². The first kappa shape index (κ1) is 12.7. The van der Waals surface area contributed by atoms with E-state index in [-0.39, 0.29) is 5.91 Å². The Morgan fingerprint density at radius 2 is 2.31 bits per heavy atom. The first-order valence-electron chi connectivity index (χ1n) is 5.44. The maximum Gasteiger partial charge on any atom is 0.236 e. The van der Waals surface area contributed by atoms with E-state index in [1.807, 2.05) is 31.7 Å². The van der Waals surface area contributed by atoms with Gasteiger partial charge in [-0.25, -0.2) is 4.98 Å². The van der Waals surface area contributed by atoms with Gasteiger partial charge in [0.05, 0.1) is 13.1 Å². The first-order chi connectivity index (χ1) is 7.50. The molecule has 5 nitrogen and oxygen atoms in total. The number of carbonyl (C=O) groups excluding carboxylic acids is 1. The average Bonchev–Trinajstić information content (AvgIpc) is 2.60. The molecule has 1 heterocycles. The van der Waals surface area contributed by atoms with E-state index in [1.165, 1.54) is 0 Å². The number of nitrogens with zero attached hydrogens (tertiary/aromatic N) is 3. The van der Waals surface area contributed by atoms with Gasteiger partial charge >= 0.3 is 0 Å². The molecule has 0 saturated heterocycles. The highest BCUT2D eigenvalue weighted by Gasteiger charge is 2.11. The lowest BCUT2D eigenvalue weighted by atomic mass is 10.4. The van der Waals surface area contributed by atoms with Crippen molar-refractivity contribution in [1.82, 2.24) is 19.8 Å². The Morgan fingerprint density at radius 3 is 2.81 bits per heavy atom. The third kappa shape index (κ3) is 3.66. The van der Waals surface area contributed by atoms with Crippen LogP contribution in [0.3, 0.4) is 0 Å². The summed E-state index contributed by atoms with van der Waals surface area (Å²) in [6.45, 7) is 4.96. The van der Waals surface area contributed by atoms with E-state index in [1.54, 1.807) is 18.1 Å². The second-order valence-corrected chi connectivity index (χ2v) is 4.24. The topological polar surface area (TPSA) is 50.2 Å². The van der Waals surface area contributed by atoms with Crippen molar-refractivity contribution in [2.75, 3.05) is 13.6 Å². The SMILES string of the molecule is CC(C)NCC(=O)N(C)Cc1nccn1C. The van der Waals surface area contributed by atoms with E-state index in [2.05, 4.69) is 10.3 Å². The van der Waals surface area contributed by atoms with Crippen LogP contribution in [0.1, 0.15) is 19.7 Å². The maximum absolute atomic E-state index is 11.7. The van der Waals surface area contributed by atoms with Gasteiger partial charge in [0.2, 0.25) is 5.91 Å². The standard InChI is InChI=1S/C11H20N4O/c1-9(2)13-7-11(16)15(4)8-10-12-5-6-14(10)3/h5-6,9,13H,7-8H2,1-4H3. The van der Waals surface area contributed by atoms with E-state index in [9.17, 15) is 4.79 Å². The van der Waals surface area contributed by atoms with Gasteiger partial charge in [0.1, 0.15) is 5.82 Å². The summed E-state index contributed by atoms with van der Waals surface area (Å²) in [5.41, 5.74) is 0. The van der Waals surface area contributed by atoms with Crippen molar-refractivity contribution in [3.05, 3.63) is 18.2 Å². The minimum Gasteiger partial charge on any atom is -0.337 e. The number of hydrogen-bond donors (Lipinski definition) is 1. The number of aromatic nitrogens is 2. The van der Waals surface area contributed by atoms with Gasteiger partial charge in [0, 0.05) is 32.5 Å². The second-order valence-electron chi connectivity index (χ2n) is 4.24. The lowest BCUT2D eigenvalue weighted by Crippen LogP contribution is -2.38. The molecule has 16 heavy (non-hydrogen) atoms. The summed E-state index contributed by atoms with van der Waals surface area (Å²) in [7, 11) is 3.71. The highest BCUT2D eigenvalue weighted by atomic mass is 16.2. The summed E-state index contributed by atoms with van der Waals surface area (Å²) < 4.78 is 1.92. The van der Waals surface area contributed by atoms with Crippen LogP contribution in [0.2, 0.25) is 0 Å².